The van der Waals surface area contributed by atoms with Gasteiger partial charge in [-0.3, -0.25) is 0 Å². The second-order valence-electron chi connectivity index (χ2n) is 19.9. The van der Waals surface area contributed by atoms with Gasteiger partial charge in [-0.05, 0) is 127 Å². The lowest BCUT2D eigenvalue weighted by atomic mass is 9.66. The van der Waals surface area contributed by atoms with E-state index in [4.69, 9.17) is 8.83 Å². The zero-order valence-electron chi connectivity index (χ0n) is 40.3. The van der Waals surface area contributed by atoms with E-state index in [0.717, 1.165) is 83.4 Å². The number of nitrogens with zero attached hydrogens (tertiary/aromatic N) is 2. The van der Waals surface area contributed by atoms with E-state index in [-0.39, 0.29) is 5.41 Å². The molecule has 0 N–H and O–H groups in total. The Labute approximate surface area is 422 Å². The van der Waals surface area contributed by atoms with Crippen LogP contribution in [0.15, 0.2) is 251 Å². The molecule has 0 saturated carbocycles. The van der Waals surface area contributed by atoms with E-state index < -0.39 is 0 Å². The topological polar surface area (TPSA) is 32.8 Å². The van der Waals surface area contributed by atoms with Crippen LogP contribution in [0, 0.1) is 0 Å². The Morgan fingerprint density at radius 1 is 0.329 bits per heavy atom. The maximum atomic E-state index is 6.82. The summed E-state index contributed by atoms with van der Waals surface area (Å²) in [5.74, 6) is 0. The van der Waals surface area contributed by atoms with Crippen molar-refractivity contribution in [1.29, 1.82) is 0 Å². The summed E-state index contributed by atoms with van der Waals surface area (Å²) in [6, 6.07) is 87.9. The molecule has 0 atom stereocenters. The summed E-state index contributed by atoms with van der Waals surface area (Å²) in [6.45, 7) is 4.80. The number of rotatable bonds is 7. The summed E-state index contributed by atoms with van der Waals surface area (Å²) in [7, 11) is 0. The van der Waals surface area contributed by atoms with Gasteiger partial charge in [0.05, 0.1) is 17.1 Å². The molecule has 344 valence electrons. The average Bonchev–Trinajstić information content (AvgIpc) is 4.03. The molecule has 0 fully saturated rings. The lowest BCUT2D eigenvalue weighted by Crippen LogP contribution is -2.24. The number of fused-ring (bicyclic) bond motifs is 11. The predicted molar refractivity (Wildman–Crippen MR) is 306 cm³/mol. The molecule has 1 aliphatic carbocycles. The molecule has 0 amide bonds. The molecule has 0 saturated heterocycles. The van der Waals surface area contributed by atoms with Crippen molar-refractivity contribution in [1.82, 2.24) is 0 Å². The highest BCUT2D eigenvalue weighted by molar-refractivity contribution is 6.25. The van der Waals surface area contributed by atoms with Crippen LogP contribution < -0.4 is 9.80 Å². The van der Waals surface area contributed by atoms with Crippen LogP contribution in [0.1, 0.15) is 25.0 Å². The quantitative estimate of drug-likeness (QED) is 0.149. The monoisotopic (exact) mass is 934 g/mol. The van der Waals surface area contributed by atoms with Gasteiger partial charge < -0.3 is 18.6 Å². The standard InChI is InChI=1S/C69H46N2O2/c1-69(2)57-31-16-28-51-56-41-46(71(59-32-15-22-43-19-9-10-25-48(43)59)61-34-18-30-54-50-27-12-14-36-63(50)73-68(54)61)37-39-52(56)64(44-20-5-3-6-21-44)66(65(51)57)55-40-38-47(42-58(55)69)70(45-23-7-4-8-24-45)60-33-17-29-53-49-26-11-13-35-62(49)72-67(53)60/h3-42H,1-2H3. The third kappa shape index (κ3) is 6.14. The van der Waals surface area contributed by atoms with Gasteiger partial charge in [0.15, 0.2) is 11.2 Å². The number of furan rings is 2. The fourth-order valence-electron chi connectivity index (χ4n) is 12.3. The van der Waals surface area contributed by atoms with Crippen LogP contribution in [-0.4, -0.2) is 0 Å². The van der Waals surface area contributed by atoms with E-state index in [0.29, 0.717) is 0 Å². The summed E-state index contributed by atoms with van der Waals surface area (Å²) in [5.41, 5.74) is 16.9. The van der Waals surface area contributed by atoms with Gasteiger partial charge in [0, 0.05) is 49.4 Å². The third-order valence-corrected chi connectivity index (χ3v) is 15.6. The van der Waals surface area contributed by atoms with E-state index in [1.165, 1.54) is 60.3 Å². The highest BCUT2D eigenvalue weighted by Crippen LogP contribution is 2.57. The number of anilines is 6. The maximum Gasteiger partial charge on any atom is 0.159 e. The van der Waals surface area contributed by atoms with Gasteiger partial charge in [-0.2, -0.15) is 0 Å². The Morgan fingerprint density at radius 2 is 0.863 bits per heavy atom. The Morgan fingerprint density at radius 3 is 1.59 bits per heavy atom. The molecule has 4 heteroatoms. The zero-order valence-corrected chi connectivity index (χ0v) is 40.3. The van der Waals surface area contributed by atoms with Crippen LogP contribution in [-0.2, 0) is 5.41 Å². The molecule has 15 rings (SSSR count). The van der Waals surface area contributed by atoms with Gasteiger partial charge in [-0.1, -0.05) is 190 Å². The Kier molecular flexibility index (Phi) is 8.97. The van der Waals surface area contributed by atoms with Crippen LogP contribution in [0.4, 0.5) is 34.1 Å². The number of hydrogen-bond donors (Lipinski definition) is 0. The van der Waals surface area contributed by atoms with Crippen LogP contribution in [0.25, 0.3) is 98.4 Å². The molecule has 73 heavy (non-hydrogen) atoms. The van der Waals surface area contributed by atoms with Crippen molar-refractivity contribution < 1.29 is 8.83 Å². The minimum atomic E-state index is -0.378. The molecule has 12 aromatic carbocycles. The summed E-state index contributed by atoms with van der Waals surface area (Å²) >= 11 is 0. The van der Waals surface area contributed by atoms with Crippen molar-refractivity contribution in [2.24, 2.45) is 0 Å². The third-order valence-electron chi connectivity index (χ3n) is 15.6. The Hall–Kier alpha value is -9.38. The van der Waals surface area contributed by atoms with Gasteiger partial charge in [0.1, 0.15) is 11.2 Å². The molecule has 0 radical (unpaired) electrons. The van der Waals surface area contributed by atoms with Crippen LogP contribution >= 0.6 is 0 Å². The van der Waals surface area contributed by atoms with Gasteiger partial charge in [0.2, 0.25) is 0 Å². The van der Waals surface area contributed by atoms with Crippen LogP contribution in [0.5, 0.6) is 0 Å². The molecular formula is C69H46N2O2. The lowest BCUT2D eigenvalue weighted by molar-refractivity contribution is 0.645. The van der Waals surface area contributed by atoms with Crippen LogP contribution in [0.2, 0.25) is 0 Å². The second kappa shape index (κ2) is 15.8. The van der Waals surface area contributed by atoms with Gasteiger partial charge >= 0.3 is 0 Å². The van der Waals surface area contributed by atoms with Crippen molar-refractivity contribution in [3.63, 3.8) is 0 Å². The number of benzene rings is 12. The summed E-state index contributed by atoms with van der Waals surface area (Å²) in [4.78, 5) is 4.78. The second-order valence-corrected chi connectivity index (χ2v) is 19.9. The van der Waals surface area contributed by atoms with E-state index in [1.54, 1.807) is 0 Å². The normalized spacial score (nSPS) is 12.9. The molecule has 2 heterocycles. The fraction of sp³-hybridized carbons (Fsp3) is 0.0435. The van der Waals surface area contributed by atoms with Gasteiger partial charge in [0.25, 0.3) is 0 Å². The minimum Gasteiger partial charge on any atom is -0.454 e. The first kappa shape index (κ1) is 41.4. The summed E-state index contributed by atoms with van der Waals surface area (Å²) in [6.07, 6.45) is 0. The van der Waals surface area contributed by atoms with Gasteiger partial charge in [-0.25, -0.2) is 0 Å². The molecule has 14 aromatic rings. The number of hydrogen-bond acceptors (Lipinski definition) is 4. The first-order valence-electron chi connectivity index (χ1n) is 25.2. The molecular weight excluding hydrogens is 889 g/mol. The molecule has 0 spiro atoms. The largest absolute Gasteiger partial charge is 0.454 e. The van der Waals surface area contributed by atoms with E-state index >= 15 is 0 Å². The summed E-state index contributed by atoms with van der Waals surface area (Å²) < 4.78 is 13.5. The smallest absolute Gasteiger partial charge is 0.159 e. The average molecular weight is 935 g/mol. The molecule has 1 aliphatic rings. The van der Waals surface area contributed by atoms with Gasteiger partial charge in [-0.15, -0.1) is 0 Å². The summed E-state index contributed by atoms with van der Waals surface area (Å²) in [5, 5.41) is 11.7. The van der Waals surface area contributed by atoms with Crippen molar-refractivity contribution in [3.05, 3.63) is 254 Å². The Bertz CT molecular complexity index is 4540. The molecule has 2 aromatic heterocycles. The first-order chi connectivity index (χ1) is 36.0. The first-order valence-corrected chi connectivity index (χ1v) is 25.2. The van der Waals surface area contributed by atoms with Crippen molar-refractivity contribution in [2.75, 3.05) is 9.80 Å². The highest BCUT2D eigenvalue weighted by atomic mass is 16.3. The predicted octanol–water partition coefficient (Wildman–Crippen LogP) is 19.9. The maximum absolute atomic E-state index is 6.82. The SMILES string of the molecule is CC1(C)c2cc(N(c3ccccc3)c3cccc4c3oc3ccccc34)ccc2-c2c(-c3ccccc3)c3ccc(N(c4cccc5ccccc45)c4cccc5c4oc4ccccc45)cc3c3cccc1c23. The molecule has 4 nitrogen and oxygen atoms in total. The highest BCUT2D eigenvalue weighted by Gasteiger charge is 2.37. The van der Waals surface area contributed by atoms with Crippen molar-refractivity contribution >= 4 is 110 Å². The van der Waals surface area contributed by atoms with Crippen molar-refractivity contribution in [2.45, 2.75) is 19.3 Å². The molecule has 0 aliphatic heterocycles. The number of para-hydroxylation sites is 5. The fourth-order valence-corrected chi connectivity index (χ4v) is 12.3. The van der Waals surface area contributed by atoms with E-state index in [2.05, 4.69) is 254 Å². The molecule has 0 unspecified atom stereocenters. The lowest BCUT2D eigenvalue weighted by Gasteiger charge is -2.38. The van der Waals surface area contributed by atoms with Crippen LogP contribution in [0.3, 0.4) is 0 Å². The zero-order chi connectivity index (χ0) is 48.4. The molecule has 0 bridgehead atoms. The van der Waals surface area contributed by atoms with E-state index in [1.807, 2.05) is 12.1 Å². The van der Waals surface area contributed by atoms with Crippen molar-refractivity contribution in [3.8, 4) is 22.3 Å². The Balaban J connectivity index is 0.992. The van der Waals surface area contributed by atoms with E-state index in [9.17, 15) is 0 Å². The minimum absolute atomic E-state index is 0.378.